The Bertz CT molecular complexity index is 1630. The third kappa shape index (κ3) is 12.3. The van der Waals surface area contributed by atoms with Gasteiger partial charge in [0, 0.05) is 48.5 Å². The van der Waals surface area contributed by atoms with E-state index in [4.69, 9.17) is 110 Å². The highest BCUT2D eigenvalue weighted by Crippen LogP contribution is 2.49. The molecule has 55 heavy (non-hydrogen) atoms. The first kappa shape index (κ1) is 46.0. The Kier molecular flexibility index (Phi) is 16.9. The van der Waals surface area contributed by atoms with Crippen LogP contribution in [0, 0.1) is 0 Å². The minimum absolute atomic E-state index is 0.226. The summed E-state index contributed by atoms with van der Waals surface area (Å²) in [7, 11) is 0. The average Bonchev–Trinajstić information content (AvgIpc) is 3.06. The molecule has 0 saturated carbocycles. The molecule has 10 atom stereocenters. The molecule has 2 saturated heterocycles. The fourth-order valence-corrected chi connectivity index (χ4v) is 6.58. The number of halogens is 5. The first-order valence-electron chi connectivity index (χ1n) is 15.9. The minimum atomic E-state index is -1.89. The molecule has 23 heteroatoms. The number of hydrogen-bond acceptors (Lipinski definition) is 18. The van der Waals surface area contributed by atoms with Crippen molar-refractivity contribution in [2.75, 3.05) is 13.2 Å². The van der Waals surface area contributed by atoms with Crippen LogP contribution in [-0.4, -0.2) is 116 Å². The summed E-state index contributed by atoms with van der Waals surface area (Å²) < 4.78 is 62.2. The van der Waals surface area contributed by atoms with Gasteiger partial charge in [-0.15, -0.1) is 0 Å². The first-order valence-corrected chi connectivity index (χ1v) is 17.8. The van der Waals surface area contributed by atoms with Crippen LogP contribution in [0.5, 0.6) is 5.75 Å². The highest BCUT2D eigenvalue weighted by molar-refractivity contribution is 6.55. The molecule has 0 N–H and O–H groups in total. The SMILES string of the molecule is CC(=O)OC[C@H]1O[C@@H](O[C@H]2[C@H](OC(C)=O)[C@@H](OC(C)=O)[C@H](Oc3c(Cl)c(Cl)c(Cl)c(Cl)c3Cl)O[C@@H]2COC(C)=O)[C@H](OC(C)=O)[C@@H](OC(C)=O)[C@@H]1OC(C)=O. The Hall–Kier alpha value is -3.36. The molecule has 1 aromatic rings. The molecule has 0 aliphatic carbocycles. The molecule has 2 heterocycles. The number of carbonyl (C=O) groups excluding carboxylic acids is 7. The highest BCUT2D eigenvalue weighted by Gasteiger charge is 2.58. The number of carbonyl (C=O) groups is 7. The number of hydrogen-bond donors (Lipinski definition) is 0. The van der Waals surface area contributed by atoms with E-state index in [0.717, 1.165) is 48.5 Å². The molecule has 0 bridgehead atoms. The molecule has 2 aliphatic heterocycles. The third-order valence-electron chi connectivity index (χ3n) is 7.29. The van der Waals surface area contributed by atoms with E-state index in [9.17, 15) is 33.6 Å². The van der Waals surface area contributed by atoms with Crippen LogP contribution in [0.2, 0.25) is 25.1 Å². The van der Waals surface area contributed by atoms with E-state index >= 15 is 0 Å². The molecule has 306 valence electrons. The second-order valence-corrected chi connectivity index (χ2v) is 13.6. The molecule has 0 spiro atoms. The zero-order valence-electron chi connectivity index (χ0n) is 29.9. The van der Waals surface area contributed by atoms with Crippen LogP contribution in [0.1, 0.15) is 48.5 Å². The van der Waals surface area contributed by atoms with E-state index in [1.54, 1.807) is 0 Å². The zero-order chi connectivity index (χ0) is 41.5. The number of rotatable bonds is 13. The average molecular weight is 885 g/mol. The third-order valence-corrected chi connectivity index (χ3v) is 9.53. The van der Waals surface area contributed by atoms with Crippen molar-refractivity contribution >= 4 is 99.8 Å². The van der Waals surface area contributed by atoms with E-state index in [1.807, 2.05) is 0 Å². The number of benzene rings is 1. The van der Waals surface area contributed by atoms with Crippen LogP contribution >= 0.6 is 58.0 Å². The lowest BCUT2D eigenvalue weighted by Gasteiger charge is -2.48. The van der Waals surface area contributed by atoms with Crippen LogP contribution in [0.4, 0.5) is 0 Å². The Labute approximate surface area is 338 Å². The van der Waals surface area contributed by atoms with E-state index in [0.29, 0.717) is 0 Å². The predicted molar refractivity (Wildman–Crippen MR) is 185 cm³/mol. The van der Waals surface area contributed by atoms with Crippen LogP contribution in [0.3, 0.4) is 0 Å². The Morgan fingerprint density at radius 1 is 0.436 bits per heavy atom. The number of esters is 7. The van der Waals surface area contributed by atoms with E-state index in [2.05, 4.69) is 0 Å². The lowest BCUT2D eigenvalue weighted by molar-refractivity contribution is -0.354. The predicted octanol–water partition coefficient (Wildman–Crippen LogP) is 3.95. The molecule has 1 aromatic carbocycles. The summed E-state index contributed by atoms with van der Waals surface area (Å²) >= 11 is 31.4. The largest absolute Gasteiger partial charge is 0.463 e. The van der Waals surface area contributed by atoms with Crippen LogP contribution < -0.4 is 4.74 Å². The maximum absolute atomic E-state index is 12.7. The fraction of sp³-hybridized carbons (Fsp3) is 0.594. The normalized spacial score (nSPS) is 27.5. The summed E-state index contributed by atoms with van der Waals surface area (Å²) in [5, 5.41) is -1.52. The van der Waals surface area contributed by atoms with E-state index in [-0.39, 0.29) is 25.1 Å². The maximum Gasteiger partial charge on any atom is 0.303 e. The van der Waals surface area contributed by atoms with Gasteiger partial charge in [0.2, 0.25) is 12.4 Å². The maximum atomic E-state index is 12.7. The molecular formula is C32H35Cl5O18. The molecular weight excluding hydrogens is 850 g/mol. The van der Waals surface area contributed by atoms with E-state index in [1.165, 1.54) is 0 Å². The second-order valence-electron chi connectivity index (χ2n) is 11.7. The van der Waals surface area contributed by atoms with Crippen molar-refractivity contribution in [3.05, 3.63) is 25.1 Å². The van der Waals surface area contributed by atoms with Crippen molar-refractivity contribution < 1.29 is 85.7 Å². The molecule has 2 fully saturated rings. The summed E-state index contributed by atoms with van der Waals surface area (Å²) in [6.07, 6.45) is -17.1. The van der Waals surface area contributed by atoms with Gasteiger partial charge in [0.1, 0.15) is 41.6 Å². The van der Waals surface area contributed by atoms with Crippen molar-refractivity contribution in [2.24, 2.45) is 0 Å². The molecule has 3 rings (SSSR count). The summed E-state index contributed by atoms with van der Waals surface area (Å²) in [5.74, 6) is -6.76. The molecule has 0 radical (unpaired) electrons. The Morgan fingerprint density at radius 3 is 1.18 bits per heavy atom. The second kappa shape index (κ2) is 20.2. The summed E-state index contributed by atoms with van der Waals surface area (Å²) in [6.45, 7) is 5.86. The van der Waals surface area contributed by atoms with Gasteiger partial charge in [-0.1, -0.05) is 58.0 Å². The van der Waals surface area contributed by atoms with Crippen molar-refractivity contribution in [1.82, 2.24) is 0 Å². The zero-order valence-corrected chi connectivity index (χ0v) is 33.7. The van der Waals surface area contributed by atoms with Gasteiger partial charge in [0.05, 0.1) is 15.1 Å². The molecule has 2 aliphatic rings. The van der Waals surface area contributed by atoms with Gasteiger partial charge < -0.3 is 52.1 Å². The van der Waals surface area contributed by atoms with Crippen molar-refractivity contribution in [3.63, 3.8) is 0 Å². The Balaban J connectivity index is 2.24. The smallest absolute Gasteiger partial charge is 0.303 e. The minimum Gasteiger partial charge on any atom is -0.463 e. The van der Waals surface area contributed by atoms with Crippen molar-refractivity contribution in [3.8, 4) is 5.75 Å². The summed E-state index contributed by atoms with van der Waals surface area (Å²) in [6, 6.07) is 0. The highest BCUT2D eigenvalue weighted by atomic mass is 35.5. The Morgan fingerprint density at radius 2 is 0.764 bits per heavy atom. The van der Waals surface area contributed by atoms with Crippen LogP contribution in [0.25, 0.3) is 0 Å². The number of ether oxygens (including phenoxy) is 11. The van der Waals surface area contributed by atoms with Gasteiger partial charge >= 0.3 is 41.8 Å². The molecule has 0 amide bonds. The first-order chi connectivity index (χ1) is 25.6. The molecule has 0 unspecified atom stereocenters. The van der Waals surface area contributed by atoms with E-state index < -0.39 is 122 Å². The topological polar surface area (TPSA) is 221 Å². The molecule has 18 nitrogen and oxygen atoms in total. The van der Waals surface area contributed by atoms with Gasteiger partial charge in [-0.2, -0.15) is 0 Å². The van der Waals surface area contributed by atoms with Gasteiger partial charge in [-0.3, -0.25) is 33.6 Å². The van der Waals surface area contributed by atoms with Crippen LogP contribution in [-0.2, 0) is 80.9 Å². The van der Waals surface area contributed by atoms with Crippen molar-refractivity contribution in [1.29, 1.82) is 0 Å². The fourth-order valence-electron chi connectivity index (χ4n) is 5.37. The van der Waals surface area contributed by atoms with Crippen molar-refractivity contribution in [2.45, 2.75) is 110 Å². The summed E-state index contributed by atoms with van der Waals surface area (Å²) in [5.41, 5.74) is 0. The standard InChI is InChI=1S/C32H35Cl5O18/c1-10(38)45-8-17-24(47-12(3)40)27(48-13(4)41)29(50-15(6)43)31(52-17)54-25-18(9-46-11(2)39)53-32(30(51-16(7)44)28(25)49-14(5)42)55-26-22(36)20(34)19(33)21(35)23(26)37/h17-18,24-25,27-32H,8-9H2,1-7H3/t17-,18-,24-,25-,27+,28+,29-,30-,31+,32+/m1/s1. The van der Waals surface area contributed by atoms with Gasteiger partial charge in [-0.05, 0) is 0 Å². The lowest BCUT2D eigenvalue weighted by atomic mass is 9.96. The quantitative estimate of drug-likeness (QED) is 0.118. The van der Waals surface area contributed by atoms with Crippen LogP contribution in [0.15, 0.2) is 0 Å². The van der Waals surface area contributed by atoms with Gasteiger partial charge in [0.25, 0.3) is 0 Å². The van der Waals surface area contributed by atoms with Gasteiger partial charge in [0.15, 0.2) is 36.5 Å². The monoisotopic (exact) mass is 882 g/mol. The lowest BCUT2D eigenvalue weighted by Crippen LogP contribution is -2.67. The molecule has 0 aromatic heterocycles. The summed E-state index contributed by atoms with van der Waals surface area (Å²) in [4.78, 5) is 86.0. The van der Waals surface area contributed by atoms with Gasteiger partial charge in [-0.25, -0.2) is 0 Å².